The van der Waals surface area contributed by atoms with Crippen LogP contribution in [0.5, 0.6) is 5.88 Å². The maximum atomic E-state index is 15.3. The summed E-state index contributed by atoms with van der Waals surface area (Å²) in [4.78, 5) is 25.5. The van der Waals surface area contributed by atoms with Crippen molar-refractivity contribution in [1.82, 2.24) is 19.7 Å². The second-order valence-corrected chi connectivity index (χ2v) is 10.3. The molecule has 5 rings (SSSR count). The van der Waals surface area contributed by atoms with Gasteiger partial charge in [-0.15, -0.1) is 12.4 Å². The summed E-state index contributed by atoms with van der Waals surface area (Å²) in [5.41, 5.74) is 2.97. The van der Waals surface area contributed by atoms with Crippen molar-refractivity contribution in [3.8, 4) is 5.88 Å². The molecular weight excluding hydrogens is 607 g/mol. The van der Waals surface area contributed by atoms with E-state index in [1.165, 1.54) is 41.1 Å². The van der Waals surface area contributed by atoms with Crippen LogP contribution in [0.2, 0.25) is 0 Å². The summed E-state index contributed by atoms with van der Waals surface area (Å²) >= 11 is 0. The van der Waals surface area contributed by atoms with E-state index in [0.717, 1.165) is 12.1 Å². The molecule has 3 aromatic heterocycles. The third-order valence-corrected chi connectivity index (χ3v) is 7.41. The number of piperazine rings is 1. The molecule has 0 aliphatic carbocycles. The number of hydrogen-bond acceptors (Lipinski definition) is 6. The van der Waals surface area contributed by atoms with E-state index in [2.05, 4.69) is 20.2 Å². The third-order valence-electron chi connectivity index (χ3n) is 7.41. The van der Waals surface area contributed by atoms with E-state index in [4.69, 9.17) is 4.74 Å². The van der Waals surface area contributed by atoms with Crippen molar-refractivity contribution in [3.63, 3.8) is 0 Å². The van der Waals surface area contributed by atoms with Gasteiger partial charge in [0.05, 0.1) is 23.3 Å². The van der Waals surface area contributed by atoms with E-state index in [9.17, 15) is 22.4 Å². The predicted molar refractivity (Wildman–Crippen MR) is 159 cm³/mol. The van der Waals surface area contributed by atoms with Crippen molar-refractivity contribution in [2.75, 3.05) is 36.0 Å². The van der Waals surface area contributed by atoms with Crippen LogP contribution in [0, 0.1) is 11.6 Å². The highest BCUT2D eigenvalue weighted by molar-refractivity contribution is 5.94. The molecule has 1 amide bonds. The lowest BCUT2D eigenvalue weighted by Gasteiger charge is -2.43. The highest BCUT2D eigenvalue weighted by atomic mass is 35.5. The Bertz CT molecular complexity index is 1600. The normalized spacial score (nSPS) is 15.3. The van der Waals surface area contributed by atoms with E-state index in [1.54, 1.807) is 18.2 Å². The molecular formula is C30H32ClF5N6O2. The highest BCUT2D eigenvalue weighted by Gasteiger charge is 2.30. The Morgan fingerprint density at radius 3 is 2.55 bits per heavy atom. The molecule has 0 radical (unpaired) electrons. The van der Waals surface area contributed by atoms with Crippen molar-refractivity contribution in [3.05, 3.63) is 83.4 Å². The number of alkyl halides is 3. The summed E-state index contributed by atoms with van der Waals surface area (Å²) in [6, 6.07) is 10.5. The Morgan fingerprint density at radius 2 is 1.89 bits per heavy atom. The van der Waals surface area contributed by atoms with Crippen LogP contribution >= 0.6 is 12.4 Å². The molecule has 4 aromatic rings. The molecule has 1 saturated heterocycles. The van der Waals surface area contributed by atoms with E-state index in [1.807, 2.05) is 18.7 Å². The Morgan fingerprint density at radius 1 is 1.09 bits per heavy atom. The second kappa shape index (κ2) is 13.7. The van der Waals surface area contributed by atoms with Crippen molar-refractivity contribution in [1.29, 1.82) is 0 Å². The summed E-state index contributed by atoms with van der Waals surface area (Å²) < 4.78 is 72.5. The molecule has 1 N–H and O–H groups in total. The Kier molecular flexibility index (Phi) is 10.2. The van der Waals surface area contributed by atoms with Gasteiger partial charge in [-0.25, -0.2) is 18.7 Å². The van der Waals surface area contributed by atoms with Gasteiger partial charge in [-0.2, -0.15) is 13.2 Å². The van der Waals surface area contributed by atoms with Crippen LogP contribution in [-0.4, -0.2) is 58.7 Å². The molecule has 8 nitrogen and oxygen atoms in total. The number of anilines is 2. The zero-order valence-corrected chi connectivity index (χ0v) is 24.9. The van der Waals surface area contributed by atoms with E-state index in [0.29, 0.717) is 54.3 Å². The number of fused-ring (bicyclic) bond motifs is 1. The lowest BCUT2D eigenvalue weighted by atomic mass is 10.1. The molecule has 1 aromatic carbocycles. The first kappa shape index (κ1) is 32.8. The average Bonchev–Trinajstić information content (AvgIpc) is 3.36. The summed E-state index contributed by atoms with van der Waals surface area (Å²) in [6.45, 7) is 4.17. The van der Waals surface area contributed by atoms with Gasteiger partial charge >= 0.3 is 6.18 Å². The van der Waals surface area contributed by atoms with Crippen LogP contribution < -0.4 is 19.9 Å². The van der Waals surface area contributed by atoms with E-state index >= 15 is 4.39 Å². The molecule has 1 aliphatic heterocycles. The lowest BCUT2D eigenvalue weighted by Crippen LogP contribution is -2.53. The summed E-state index contributed by atoms with van der Waals surface area (Å²) in [5, 5.41) is 2.82. The van der Waals surface area contributed by atoms with Crippen LogP contribution in [-0.2, 0) is 13.0 Å². The van der Waals surface area contributed by atoms with Crippen molar-refractivity contribution < 1.29 is 31.5 Å². The van der Waals surface area contributed by atoms with Crippen LogP contribution in [0.3, 0.4) is 0 Å². The maximum absolute atomic E-state index is 15.3. The number of hydrogen-bond donors (Lipinski definition) is 1. The van der Waals surface area contributed by atoms with Gasteiger partial charge < -0.3 is 19.9 Å². The zero-order valence-electron chi connectivity index (χ0n) is 24.1. The number of aryl methyl sites for hydroxylation is 1. The average molecular weight is 639 g/mol. The Balaban J connectivity index is 0.00000442. The molecule has 1 fully saturated rings. The molecule has 236 valence electrons. The summed E-state index contributed by atoms with van der Waals surface area (Å²) in [6.07, 6.45) is -0.253. The third kappa shape index (κ3) is 7.32. The van der Waals surface area contributed by atoms with Gasteiger partial charge in [0.2, 0.25) is 5.88 Å². The number of carbonyl (C=O) groups excluding carboxylic acids is 1. The molecule has 0 spiro atoms. The van der Waals surface area contributed by atoms with Gasteiger partial charge in [-0.1, -0.05) is 19.9 Å². The van der Waals surface area contributed by atoms with Gasteiger partial charge in [-0.05, 0) is 42.7 Å². The standard InChI is InChI=1S/C30H31F5N6O2.ClH/c1-3-21-17-39(11-12-40(21)22-6-8-27(36-16-22)43-18-30(33,34)35)25-7-5-19(13-23(25)32)15-37-29(42)28-24(4-2)38-26-14-20(31)9-10-41(26)28;/h5-10,13-14,16,21H,3-4,11-12,15,17-18H2,1-2H3,(H,37,42);1H/t21-;/m0./s1. The van der Waals surface area contributed by atoms with Crippen molar-refractivity contribution >= 4 is 35.3 Å². The first-order valence-electron chi connectivity index (χ1n) is 14.0. The number of ether oxygens (including phenoxy) is 1. The number of benzene rings is 1. The lowest BCUT2D eigenvalue weighted by molar-refractivity contribution is -0.154. The molecule has 0 unspecified atom stereocenters. The quantitative estimate of drug-likeness (QED) is 0.228. The second-order valence-electron chi connectivity index (χ2n) is 10.3. The molecule has 44 heavy (non-hydrogen) atoms. The zero-order chi connectivity index (χ0) is 30.7. The van der Waals surface area contributed by atoms with Gasteiger partial charge in [0.15, 0.2) is 6.61 Å². The summed E-state index contributed by atoms with van der Waals surface area (Å²) in [7, 11) is 0. The van der Waals surface area contributed by atoms with Crippen LogP contribution in [0.1, 0.15) is 42.0 Å². The van der Waals surface area contributed by atoms with Gasteiger partial charge in [0, 0.05) is 50.6 Å². The fourth-order valence-corrected chi connectivity index (χ4v) is 5.29. The number of amides is 1. The summed E-state index contributed by atoms with van der Waals surface area (Å²) in [5.74, 6) is -1.36. The minimum absolute atomic E-state index is 0. The number of aromatic nitrogens is 3. The van der Waals surface area contributed by atoms with Gasteiger partial charge in [0.25, 0.3) is 5.91 Å². The number of carbonyl (C=O) groups is 1. The van der Waals surface area contributed by atoms with Crippen LogP contribution in [0.25, 0.3) is 5.65 Å². The number of nitrogens with zero attached hydrogens (tertiary/aromatic N) is 5. The fraction of sp³-hybridized carbons (Fsp3) is 0.367. The molecule has 0 bridgehead atoms. The van der Waals surface area contributed by atoms with Crippen LogP contribution in [0.4, 0.5) is 33.3 Å². The number of pyridine rings is 2. The van der Waals surface area contributed by atoms with Crippen LogP contribution in [0.15, 0.2) is 54.9 Å². The van der Waals surface area contributed by atoms with Crippen molar-refractivity contribution in [2.45, 2.75) is 45.5 Å². The van der Waals surface area contributed by atoms with Gasteiger partial charge in [-0.3, -0.25) is 9.20 Å². The number of rotatable bonds is 9. The monoisotopic (exact) mass is 638 g/mol. The minimum atomic E-state index is -4.44. The molecule has 1 aliphatic rings. The molecule has 0 saturated carbocycles. The predicted octanol–water partition coefficient (Wildman–Crippen LogP) is 5.97. The van der Waals surface area contributed by atoms with Gasteiger partial charge in [0.1, 0.15) is 23.0 Å². The minimum Gasteiger partial charge on any atom is -0.468 e. The molecule has 1 atom stereocenters. The first-order chi connectivity index (χ1) is 20.6. The Hall–Kier alpha value is -4.13. The number of imidazole rings is 1. The SMILES string of the molecule is CCc1nc2cc(F)ccn2c1C(=O)NCc1ccc(N2CCN(c3ccc(OCC(F)(F)F)nc3)[C@@H](CC)C2)c(F)c1.Cl. The maximum Gasteiger partial charge on any atom is 0.422 e. The largest absolute Gasteiger partial charge is 0.468 e. The number of halogens is 6. The van der Waals surface area contributed by atoms with E-state index in [-0.39, 0.29) is 30.9 Å². The highest BCUT2D eigenvalue weighted by Crippen LogP contribution is 2.28. The topological polar surface area (TPSA) is 75.0 Å². The first-order valence-corrected chi connectivity index (χ1v) is 14.0. The number of nitrogens with one attached hydrogen (secondary N) is 1. The Labute approximate surface area is 257 Å². The van der Waals surface area contributed by atoms with E-state index < -0.39 is 30.3 Å². The van der Waals surface area contributed by atoms with Crippen molar-refractivity contribution in [2.24, 2.45) is 0 Å². The smallest absolute Gasteiger partial charge is 0.422 e. The molecule has 4 heterocycles. The fourth-order valence-electron chi connectivity index (χ4n) is 5.29. The molecule has 14 heteroatoms.